The van der Waals surface area contributed by atoms with Gasteiger partial charge in [0.1, 0.15) is 0 Å². The molecule has 1 aliphatic carbocycles. The fourth-order valence-corrected chi connectivity index (χ4v) is 3.74. The zero-order chi connectivity index (χ0) is 17.5. The Morgan fingerprint density at radius 3 is 2.21 bits per heavy atom. The Bertz CT molecular complexity index is 533. The second-order valence-electron chi connectivity index (χ2n) is 7.06. The molecule has 5 heteroatoms. The van der Waals surface area contributed by atoms with E-state index in [4.69, 9.17) is 0 Å². The van der Waals surface area contributed by atoms with E-state index in [1.165, 1.54) is 35.3 Å². The maximum absolute atomic E-state index is 12.6. The zero-order valence-corrected chi connectivity index (χ0v) is 16.4. The van der Waals surface area contributed by atoms with Crippen LogP contribution < -0.4 is 0 Å². The summed E-state index contributed by atoms with van der Waals surface area (Å²) in [6.07, 6.45) is 3.67. The van der Waals surface area contributed by atoms with Crippen LogP contribution in [0.25, 0.3) is 0 Å². The fraction of sp³-hybridized carbons (Fsp3) is 0.632. The smallest absolute Gasteiger partial charge is 0.233 e. The van der Waals surface area contributed by atoms with E-state index < -0.39 is 0 Å². The number of amides is 1. The molecule has 0 N–H and O–H groups in total. The molecule has 1 amide bonds. The highest BCUT2D eigenvalue weighted by molar-refractivity contribution is 8.00. The summed E-state index contributed by atoms with van der Waals surface area (Å²) in [5, 5.41) is 0. The molecule has 24 heavy (non-hydrogen) atoms. The van der Waals surface area contributed by atoms with Gasteiger partial charge in [0.2, 0.25) is 5.91 Å². The summed E-state index contributed by atoms with van der Waals surface area (Å²) in [5.41, 5.74) is 2.97. The minimum atomic E-state index is 0.240. The van der Waals surface area contributed by atoms with Crippen LogP contribution in [0.4, 0.5) is 0 Å². The zero-order valence-electron chi connectivity index (χ0n) is 15.5. The van der Waals surface area contributed by atoms with Gasteiger partial charge in [0, 0.05) is 31.1 Å². The molecule has 0 heterocycles. The molecule has 1 aromatic rings. The molecule has 1 aliphatic rings. The van der Waals surface area contributed by atoms with Crippen molar-refractivity contribution in [2.45, 2.75) is 24.2 Å². The number of likely N-dealkylation sites (N-methyl/N-ethyl adjacent to an activating group) is 2. The van der Waals surface area contributed by atoms with Gasteiger partial charge in [0.05, 0.1) is 5.75 Å². The molecule has 1 aromatic carbocycles. The van der Waals surface area contributed by atoms with Crippen LogP contribution in [0.5, 0.6) is 0 Å². The molecule has 0 saturated carbocycles. The van der Waals surface area contributed by atoms with Gasteiger partial charge in [-0.15, -0.1) is 11.8 Å². The van der Waals surface area contributed by atoms with Gasteiger partial charge in [0.15, 0.2) is 0 Å². The van der Waals surface area contributed by atoms with Gasteiger partial charge in [-0.2, -0.15) is 0 Å². The van der Waals surface area contributed by atoms with Gasteiger partial charge in [-0.25, -0.2) is 0 Å². The molecule has 0 fully saturated rings. The normalized spacial score (nSPS) is 13.6. The molecule has 0 bridgehead atoms. The van der Waals surface area contributed by atoms with Gasteiger partial charge in [-0.3, -0.25) is 4.79 Å². The number of rotatable bonds is 9. The number of carbonyl (C=O) groups excluding carboxylic acids is 1. The van der Waals surface area contributed by atoms with Crippen molar-refractivity contribution < 1.29 is 4.79 Å². The summed E-state index contributed by atoms with van der Waals surface area (Å²) in [5.74, 6) is 0.767. The summed E-state index contributed by atoms with van der Waals surface area (Å²) in [6, 6.07) is 6.70. The average molecular weight is 350 g/mol. The summed E-state index contributed by atoms with van der Waals surface area (Å²) in [6.45, 7) is 3.40. The first-order chi connectivity index (χ1) is 11.5. The topological polar surface area (TPSA) is 26.8 Å². The monoisotopic (exact) mass is 349 g/mol. The predicted octanol–water partition coefficient (Wildman–Crippen LogP) is 2.22. The van der Waals surface area contributed by atoms with Crippen molar-refractivity contribution >= 4 is 17.7 Å². The summed E-state index contributed by atoms with van der Waals surface area (Å²) in [4.78, 5) is 20.1. The molecule has 2 rings (SSSR count). The van der Waals surface area contributed by atoms with E-state index in [0.717, 1.165) is 26.2 Å². The van der Waals surface area contributed by atoms with E-state index in [9.17, 15) is 4.79 Å². The number of benzene rings is 1. The molecule has 134 valence electrons. The van der Waals surface area contributed by atoms with Crippen LogP contribution >= 0.6 is 11.8 Å². The third-order valence-electron chi connectivity index (χ3n) is 4.42. The number of nitrogens with zero attached hydrogens (tertiary/aromatic N) is 3. The Labute approximate surface area is 151 Å². The Morgan fingerprint density at radius 1 is 0.958 bits per heavy atom. The molecule has 0 aromatic heterocycles. The second-order valence-corrected chi connectivity index (χ2v) is 8.11. The summed E-state index contributed by atoms with van der Waals surface area (Å²) in [7, 11) is 8.20. The number of fused-ring (bicyclic) bond motifs is 1. The molecule has 0 unspecified atom stereocenters. The number of hydrogen-bond donors (Lipinski definition) is 0. The van der Waals surface area contributed by atoms with Gasteiger partial charge in [-0.05, 0) is 70.7 Å². The first-order valence-corrected chi connectivity index (χ1v) is 9.76. The van der Waals surface area contributed by atoms with Crippen molar-refractivity contribution in [3.8, 4) is 0 Å². The van der Waals surface area contributed by atoms with Crippen LogP contribution in [-0.4, -0.2) is 80.7 Å². The van der Waals surface area contributed by atoms with Crippen molar-refractivity contribution in [3.63, 3.8) is 0 Å². The van der Waals surface area contributed by atoms with Gasteiger partial charge < -0.3 is 14.7 Å². The standard InChI is InChI=1S/C19H31N3OS/c1-20(2)10-12-22(13-11-21(3)4)19(23)15-24-18-9-8-16-6-5-7-17(16)14-18/h8-9,14H,5-7,10-13,15H2,1-4H3. The lowest BCUT2D eigenvalue weighted by Crippen LogP contribution is -2.41. The van der Waals surface area contributed by atoms with Crippen molar-refractivity contribution in [2.24, 2.45) is 0 Å². The third-order valence-corrected chi connectivity index (χ3v) is 5.40. The molecular formula is C19H31N3OS. The van der Waals surface area contributed by atoms with Crippen LogP contribution in [-0.2, 0) is 17.6 Å². The molecule has 0 aliphatic heterocycles. The quantitative estimate of drug-likeness (QED) is 0.639. The van der Waals surface area contributed by atoms with E-state index in [-0.39, 0.29) is 5.91 Å². The third kappa shape index (κ3) is 6.11. The predicted molar refractivity (Wildman–Crippen MR) is 103 cm³/mol. The molecule has 0 saturated heterocycles. The van der Waals surface area contributed by atoms with Gasteiger partial charge >= 0.3 is 0 Å². The van der Waals surface area contributed by atoms with E-state index in [0.29, 0.717) is 5.75 Å². The van der Waals surface area contributed by atoms with Crippen molar-refractivity contribution in [1.29, 1.82) is 0 Å². The maximum atomic E-state index is 12.6. The van der Waals surface area contributed by atoms with Gasteiger partial charge in [0.25, 0.3) is 0 Å². The highest BCUT2D eigenvalue weighted by Crippen LogP contribution is 2.27. The lowest BCUT2D eigenvalue weighted by molar-refractivity contribution is -0.128. The Morgan fingerprint density at radius 2 is 1.58 bits per heavy atom. The number of thioether (sulfide) groups is 1. The Balaban J connectivity index is 1.88. The average Bonchev–Trinajstić information content (AvgIpc) is 2.99. The van der Waals surface area contributed by atoms with Crippen molar-refractivity contribution in [1.82, 2.24) is 14.7 Å². The van der Waals surface area contributed by atoms with Crippen molar-refractivity contribution in [2.75, 3.05) is 60.1 Å². The van der Waals surface area contributed by atoms with Crippen LogP contribution in [0.1, 0.15) is 17.5 Å². The van der Waals surface area contributed by atoms with E-state index in [2.05, 4.69) is 28.0 Å². The Hall–Kier alpha value is -1.04. The molecule has 4 nitrogen and oxygen atoms in total. The highest BCUT2D eigenvalue weighted by Gasteiger charge is 2.15. The van der Waals surface area contributed by atoms with E-state index in [1.54, 1.807) is 11.8 Å². The SMILES string of the molecule is CN(C)CCN(CCN(C)C)C(=O)CSc1ccc2c(c1)CCC2. The van der Waals surface area contributed by atoms with Crippen LogP contribution in [0, 0.1) is 0 Å². The first-order valence-electron chi connectivity index (χ1n) is 8.77. The molecule has 0 spiro atoms. The fourth-order valence-electron chi connectivity index (χ4n) is 2.88. The number of hydrogen-bond acceptors (Lipinski definition) is 4. The molecule has 0 radical (unpaired) electrons. The summed E-state index contributed by atoms with van der Waals surface area (Å²) < 4.78 is 0. The minimum absolute atomic E-state index is 0.240. The molecule has 0 atom stereocenters. The minimum Gasteiger partial charge on any atom is -0.339 e. The largest absolute Gasteiger partial charge is 0.339 e. The van der Waals surface area contributed by atoms with Crippen molar-refractivity contribution in [3.05, 3.63) is 29.3 Å². The van der Waals surface area contributed by atoms with E-state index in [1.807, 2.05) is 33.1 Å². The van der Waals surface area contributed by atoms with Crippen LogP contribution in [0.2, 0.25) is 0 Å². The Kier molecular flexibility index (Phi) is 7.59. The summed E-state index contributed by atoms with van der Waals surface area (Å²) >= 11 is 1.67. The van der Waals surface area contributed by atoms with Crippen LogP contribution in [0.15, 0.2) is 23.1 Å². The van der Waals surface area contributed by atoms with Gasteiger partial charge in [-0.1, -0.05) is 6.07 Å². The first kappa shape index (κ1) is 19.3. The van der Waals surface area contributed by atoms with Crippen LogP contribution in [0.3, 0.4) is 0 Å². The molecular weight excluding hydrogens is 318 g/mol. The lowest BCUT2D eigenvalue weighted by atomic mass is 10.1. The number of aryl methyl sites for hydroxylation is 2. The lowest BCUT2D eigenvalue weighted by Gasteiger charge is -2.26. The second kappa shape index (κ2) is 9.44. The van der Waals surface area contributed by atoms with E-state index >= 15 is 0 Å². The highest BCUT2D eigenvalue weighted by atomic mass is 32.2. The number of carbonyl (C=O) groups is 1. The maximum Gasteiger partial charge on any atom is 0.233 e.